The second-order valence-corrected chi connectivity index (χ2v) is 4.29. The Morgan fingerprint density at radius 3 is 2.69 bits per heavy atom. The molecule has 2 unspecified atom stereocenters. The van der Waals surface area contributed by atoms with E-state index in [9.17, 15) is 10.2 Å². The van der Waals surface area contributed by atoms with Crippen molar-refractivity contribution in [2.45, 2.75) is 18.6 Å². The zero-order chi connectivity index (χ0) is 12.1. The Kier molecular flexibility index (Phi) is 5.41. The van der Waals surface area contributed by atoms with E-state index in [4.69, 9.17) is 16.3 Å². The molecule has 90 valence electrons. The van der Waals surface area contributed by atoms with Crippen molar-refractivity contribution < 1.29 is 14.9 Å². The molecule has 16 heavy (non-hydrogen) atoms. The number of methoxy groups -OCH3 is 1. The van der Waals surface area contributed by atoms with Gasteiger partial charge in [-0.3, -0.25) is 0 Å². The summed E-state index contributed by atoms with van der Waals surface area (Å²) in [5.41, 5.74) is 0.490. The first-order chi connectivity index (χ1) is 7.60. The zero-order valence-corrected chi connectivity index (χ0v) is 10.6. The molecule has 5 heteroatoms. The normalized spacial score (nSPS) is 14.6. The van der Waals surface area contributed by atoms with E-state index in [2.05, 4.69) is 12.6 Å². The van der Waals surface area contributed by atoms with Crippen LogP contribution in [0.4, 0.5) is 0 Å². The van der Waals surface area contributed by atoms with Gasteiger partial charge in [-0.2, -0.15) is 12.6 Å². The molecule has 0 aliphatic heterocycles. The van der Waals surface area contributed by atoms with E-state index in [0.29, 0.717) is 28.5 Å². The molecule has 3 nitrogen and oxygen atoms in total. The molecule has 0 radical (unpaired) electrons. The summed E-state index contributed by atoms with van der Waals surface area (Å²) in [4.78, 5) is 0. The lowest BCUT2D eigenvalue weighted by Crippen LogP contribution is -2.19. The molecule has 0 saturated heterocycles. The molecule has 1 aromatic rings. The Hall–Kier alpha value is -0.420. The molecule has 0 aliphatic carbocycles. The fourth-order valence-corrected chi connectivity index (χ4v) is 1.88. The number of rotatable bonds is 5. The quantitative estimate of drug-likeness (QED) is 0.712. The van der Waals surface area contributed by atoms with Crippen molar-refractivity contribution in [3.05, 3.63) is 28.8 Å². The monoisotopic (exact) mass is 262 g/mol. The van der Waals surface area contributed by atoms with Crippen LogP contribution < -0.4 is 4.74 Å². The molecule has 0 bridgehead atoms. The zero-order valence-electron chi connectivity index (χ0n) is 8.93. The smallest absolute Gasteiger partial charge is 0.124 e. The standard InChI is InChI=1S/C11H15ClO3S/c1-15-10-3-2-7(12)6-8(10)11(14)9(13)4-5-16/h2-3,6,9,11,13-14,16H,4-5H2,1H3. The first-order valence-corrected chi connectivity index (χ1v) is 5.91. The lowest BCUT2D eigenvalue weighted by Gasteiger charge is -2.19. The summed E-state index contributed by atoms with van der Waals surface area (Å²) in [5.74, 6) is 1.01. The number of halogens is 1. The second kappa shape index (κ2) is 6.35. The Morgan fingerprint density at radius 2 is 2.12 bits per heavy atom. The first kappa shape index (κ1) is 13.6. The van der Waals surface area contributed by atoms with Crippen molar-refractivity contribution in [3.63, 3.8) is 0 Å². The van der Waals surface area contributed by atoms with Gasteiger partial charge < -0.3 is 14.9 Å². The lowest BCUT2D eigenvalue weighted by atomic mass is 10.0. The number of aliphatic hydroxyl groups is 2. The van der Waals surface area contributed by atoms with Crippen LogP contribution in [0.1, 0.15) is 18.1 Å². The average Bonchev–Trinajstić information content (AvgIpc) is 2.28. The van der Waals surface area contributed by atoms with Crippen LogP contribution in [-0.4, -0.2) is 29.2 Å². The van der Waals surface area contributed by atoms with Crippen molar-refractivity contribution in [1.82, 2.24) is 0 Å². The van der Waals surface area contributed by atoms with Crippen molar-refractivity contribution in [2.24, 2.45) is 0 Å². The summed E-state index contributed by atoms with van der Waals surface area (Å²) in [6.07, 6.45) is -1.48. The molecule has 2 N–H and O–H groups in total. The third-order valence-electron chi connectivity index (χ3n) is 2.30. The van der Waals surface area contributed by atoms with Gasteiger partial charge in [0.2, 0.25) is 0 Å². The minimum Gasteiger partial charge on any atom is -0.496 e. The summed E-state index contributed by atoms with van der Waals surface area (Å²) >= 11 is 9.84. The van der Waals surface area contributed by atoms with Crippen LogP contribution in [0.5, 0.6) is 5.75 Å². The molecule has 0 aliphatic rings. The van der Waals surface area contributed by atoms with Crippen LogP contribution in [0.3, 0.4) is 0 Å². The Morgan fingerprint density at radius 1 is 1.44 bits per heavy atom. The Bertz CT molecular complexity index is 346. The molecule has 1 aromatic carbocycles. The van der Waals surface area contributed by atoms with Gasteiger partial charge in [-0.05, 0) is 30.4 Å². The van der Waals surface area contributed by atoms with Crippen LogP contribution in [0.25, 0.3) is 0 Å². The molecular formula is C11H15ClO3S. The van der Waals surface area contributed by atoms with Crippen LogP contribution in [0.15, 0.2) is 18.2 Å². The van der Waals surface area contributed by atoms with E-state index in [1.807, 2.05) is 0 Å². The summed E-state index contributed by atoms with van der Waals surface area (Å²) in [5, 5.41) is 20.1. The third-order valence-corrected chi connectivity index (χ3v) is 2.79. The van der Waals surface area contributed by atoms with Crippen LogP contribution in [-0.2, 0) is 0 Å². The van der Waals surface area contributed by atoms with Crippen LogP contribution in [0.2, 0.25) is 5.02 Å². The molecule has 0 aromatic heterocycles. The number of benzene rings is 1. The van der Waals surface area contributed by atoms with Crippen LogP contribution >= 0.6 is 24.2 Å². The van der Waals surface area contributed by atoms with Gasteiger partial charge in [-0.1, -0.05) is 11.6 Å². The van der Waals surface area contributed by atoms with E-state index in [0.717, 1.165) is 0 Å². The summed E-state index contributed by atoms with van der Waals surface area (Å²) in [7, 11) is 1.50. The molecule has 1 rings (SSSR count). The predicted octanol–water partition coefficient (Wildman–Crippen LogP) is 2.06. The fraction of sp³-hybridized carbons (Fsp3) is 0.455. The predicted molar refractivity (Wildman–Crippen MR) is 67.4 cm³/mol. The molecular weight excluding hydrogens is 248 g/mol. The molecule has 0 amide bonds. The van der Waals surface area contributed by atoms with Gasteiger partial charge in [0, 0.05) is 10.6 Å². The lowest BCUT2D eigenvalue weighted by molar-refractivity contribution is 0.0159. The second-order valence-electron chi connectivity index (χ2n) is 3.41. The van der Waals surface area contributed by atoms with Gasteiger partial charge in [-0.25, -0.2) is 0 Å². The minimum atomic E-state index is -1.01. The summed E-state index contributed by atoms with van der Waals surface area (Å²) in [6.45, 7) is 0. The van der Waals surface area contributed by atoms with E-state index >= 15 is 0 Å². The van der Waals surface area contributed by atoms with Gasteiger partial charge >= 0.3 is 0 Å². The summed E-state index contributed by atoms with van der Waals surface area (Å²) < 4.78 is 5.10. The van der Waals surface area contributed by atoms with E-state index in [-0.39, 0.29) is 0 Å². The topological polar surface area (TPSA) is 49.7 Å². The Balaban J connectivity index is 2.96. The van der Waals surface area contributed by atoms with Gasteiger partial charge in [-0.15, -0.1) is 0 Å². The van der Waals surface area contributed by atoms with Crippen LogP contribution in [0, 0.1) is 0 Å². The third kappa shape index (κ3) is 3.28. The van der Waals surface area contributed by atoms with Crippen molar-refractivity contribution in [1.29, 1.82) is 0 Å². The van der Waals surface area contributed by atoms with Gasteiger partial charge in [0.05, 0.1) is 13.2 Å². The molecule has 0 spiro atoms. The van der Waals surface area contributed by atoms with Crippen molar-refractivity contribution in [3.8, 4) is 5.75 Å². The highest BCUT2D eigenvalue weighted by molar-refractivity contribution is 7.80. The van der Waals surface area contributed by atoms with Crippen molar-refractivity contribution >= 4 is 24.2 Å². The largest absolute Gasteiger partial charge is 0.496 e. The van der Waals surface area contributed by atoms with Gasteiger partial charge in [0.1, 0.15) is 11.9 Å². The van der Waals surface area contributed by atoms with E-state index in [1.165, 1.54) is 7.11 Å². The molecule has 0 heterocycles. The van der Waals surface area contributed by atoms with Gasteiger partial charge in [0.15, 0.2) is 0 Å². The SMILES string of the molecule is COc1ccc(Cl)cc1C(O)C(O)CCS. The number of hydrogen-bond acceptors (Lipinski definition) is 4. The Labute approximate surface area is 105 Å². The highest BCUT2D eigenvalue weighted by atomic mass is 35.5. The molecule has 0 saturated carbocycles. The molecule has 0 fully saturated rings. The maximum Gasteiger partial charge on any atom is 0.124 e. The maximum atomic E-state index is 9.93. The van der Waals surface area contributed by atoms with Crippen molar-refractivity contribution in [2.75, 3.05) is 12.9 Å². The summed E-state index contributed by atoms with van der Waals surface area (Å²) in [6, 6.07) is 4.92. The highest BCUT2D eigenvalue weighted by Gasteiger charge is 2.21. The minimum absolute atomic E-state index is 0.403. The first-order valence-electron chi connectivity index (χ1n) is 4.90. The number of thiol groups is 1. The van der Waals surface area contributed by atoms with E-state index < -0.39 is 12.2 Å². The number of ether oxygens (including phenoxy) is 1. The average molecular weight is 263 g/mol. The molecule has 2 atom stereocenters. The fourth-order valence-electron chi connectivity index (χ4n) is 1.43. The highest BCUT2D eigenvalue weighted by Crippen LogP contribution is 2.30. The van der Waals surface area contributed by atoms with Gasteiger partial charge in [0.25, 0.3) is 0 Å². The maximum absolute atomic E-state index is 9.93. The number of aliphatic hydroxyl groups excluding tert-OH is 2. The van der Waals surface area contributed by atoms with E-state index in [1.54, 1.807) is 18.2 Å². The number of hydrogen-bond donors (Lipinski definition) is 3.